The monoisotopic (exact) mass is 308 g/mol. The van der Waals surface area contributed by atoms with Crippen LogP contribution in [0.15, 0.2) is 18.2 Å². The van der Waals surface area contributed by atoms with Gasteiger partial charge in [-0.05, 0) is 37.5 Å². The van der Waals surface area contributed by atoms with E-state index in [4.69, 9.17) is 10.5 Å². The standard InChI is InChI=1S/C16H21FN2O3/c1-10-3-5-12(16(18)21)9-19(10)15(20)8-11-4-6-14(22-2)13(17)7-11/h4,6-7,10,12H,3,5,8-9H2,1-2H3,(H2,18,21)/t10-,12+/m0/s1. The molecular weight excluding hydrogens is 287 g/mol. The maximum Gasteiger partial charge on any atom is 0.227 e. The average Bonchev–Trinajstić information content (AvgIpc) is 2.47. The second-order valence-electron chi connectivity index (χ2n) is 5.72. The number of nitrogens with two attached hydrogens (primary N) is 1. The molecule has 2 rings (SSSR count). The summed E-state index contributed by atoms with van der Waals surface area (Å²) in [7, 11) is 1.39. The minimum absolute atomic E-state index is 0.0613. The largest absolute Gasteiger partial charge is 0.494 e. The maximum absolute atomic E-state index is 13.7. The summed E-state index contributed by atoms with van der Waals surface area (Å²) in [6.07, 6.45) is 1.55. The van der Waals surface area contributed by atoms with Crippen molar-refractivity contribution in [2.45, 2.75) is 32.2 Å². The lowest BCUT2D eigenvalue weighted by Crippen LogP contribution is -2.49. The van der Waals surface area contributed by atoms with Crippen LogP contribution in [0.3, 0.4) is 0 Å². The third kappa shape index (κ3) is 3.55. The topological polar surface area (TPSA) is 72.6 Å². The third-order valence-corrected chi connectivity index (χ3v) is 4.18. The SMILES string of the molecule is COc1ccc(CC(=O)N2C[C@H](C(N)=O)CC[C@@H]2C)cc1F. The van der Waals surface area contributed by atoms with Gasteiger partial charge in [0.2, 0.25) is 11.8 Å². The molecule has 120 valence electrons. The van der Waals surface area contributed by atoms with Gasteiger partial charge < -0.3 is 15.4 Å². The molecule has 5 nitrogen and oxygen atoms in total. The number of primary amides is 1. The van der Waals surface area contributed by atoms with Crippen LogP contribution in [0, 0.1) is 11.7 Å². The Bertz CT molecular complexity index is 577. The summed E-state index contributed by atoms with van der Waals surface area (Å²) in [6.45, 7) is 2.29. The average molecular weight is 308 g/mol. The third-order valence-electron chi connectivity index (χ3n) is 4.18. The summed E-state index contributed by atoms with van der Waals surface area (Å²) in [5.41, 5.74) is 5.92. The number of ether oxygens (including phenoxy) is 1. The number of likely N-dealkylation sites (tertiary alicyclic amines) is 1. The van der Waals surface area contributed by atoms with Gasteiger partial charge in [0.05, 0.1) is 19.4 Å². The van der Waals surface area contributed by atoms with E-state index in [0.717, 1.165) is 6.42 Å². The number of carbonyl (C=O) groups is 2. The predicted octanol–water partition coefficient (Wildman–Crippen LogP) is 1.49. The zero-order chi connectivity index (χ0) is 16.3. The van der Waals surface area contributed by atoms with Crippen LogP contribution in [-0.2, 0) is 16.0 Å². The fraction of sp³-hybridized carbons (Fsp3) is 0.500. The number of piperidine rings is 1. The van der Waals surface area contributed by atoms with E-state index in [9.17, 15) is 14.0 Å². The van der Waals surface area contributed by atoms with E-state index in [2.05, 4.69) is 0 Å². The second-order valence-corrected chi connectivity index (χ2v) is 5.72. The van der Waals surface area contributed by atoms with Crippen LogP contribution in [0.2, 0.25) is 0 Å². The van der Waals surface area contributed by atoms with Gasteiger partial charge in [-0.25, -0.2) is 4.39 Å². The molecule has 2 N–H and O–H groups in total. The van der Waals surface area contributed by atoms with Gasteiger partial charge in [-0.1, -0.05) is 6.07 Å². The molecule has 1 aliphatic rings. The van der Waals surface area contributed by atoms with Crippen molar-refractivity contribution in [2.24, 2.45) is 11.7 Å². The van der Waals surface area contributed by atoms with E-state index in [1.54, 1.807) is 11.0 Å². The fourth-order valence-electron chi connectivity index (χ4n) is 2.78. The molecule has 0 saturated carbocycles. The first kappa shape index (κ1) is 16.3. The number of hydrogen-bond acceptors (Lipinski definition) is 3. The number of halogens is 1. The van der Waals surface area contributed by atoms with Crippen molar-refractivity contribution < 1.29 is 18.7 Å². The zero-order valence-electron chi connectivity index (χ0n) is 12.8. The minimum Gasteiger partial charge on any atom is -0.494 e. The van der Waals surface area contributed by atoms with Gasteiger partial charge in [0.25, 0.3) is 0 Å². The Hall–Kier alpha value is -2.11. The van der Waals surface area contributed by atoms with Gasteiger partial charge in [0.1, 0.15) is 0 Å². The number of carbonyl (C=O) groups excluding carboxylic acids is 2. The quantitative estimate of drug-likeness (QED) is 0.916. The van der Waals surface area contributed by atoms with Crippen LogP contribution in [0.25, 0.3) is 0 Å². The van der Waals surface area contributed by atoms with Gasteiger partial charge in [-0.2, -0.15) is 0 Å². The zero-order valence-corrected chi connectivity index (χ0v) is 12.8. The molecule has 6 heteroatoms. The first-order valence-electron chi connectivity index (χ1n) is 7.33. The van der Waals surface area contributed by atoms with Gasteiger partial charge in [0, 0.05) is 12.6 Å². The van der Waals surface area contributed by atoms with Crippen molar-refractivity contribution in [2.75, 3.05) is 13.7 Å². The van der Waals surface area contributed by atoms with Crippen molar-refractivity contribution >= 4 is 11.8 Å². The molecule has 2 atom stereocenters. The van der Waals surface area contributed by atoms with Crippen molar-refractivity contribution in [3.05, 3.63) is 29.6 Å². The second kappa shape index (κ2) is 6.77. The maximum atomic E-state index is 13.7. The summed E-state index contributed by atoms with van der Waals surface area (Å²) < 4.78 is 18.5. The van der Waals surface area contributed by atoms with Crippen LogP contribution >= 0.6 is 0 Å². The number of amides is 2. The van der Waals surface area contributed by atoms with Gasteiger partial charge in [-0.3, -0.25) is 9.59 Å². The van der Waals surface area contributed by atoms with Crippen molar-refractivity contribution in [3.63, 3.8) is 0 Å². The van der Waals surface area contributed by atoms with E-state index in [1.165, 1.54) is 19.2 Å². The van der Waals surface area contributed by atoms with Gasteiger partial charge in [-0.15, -0.1) is 0 Å². The summed E-state index contributed by atoms with van der Waals surface area (Å²) in [4.78, 5) is 25.4. The molecular formula is C16H21FN2O3. The molecule has 1 fully saturated rings. The molecule has 0 aliphatic carbocycles. The van der Waals surface area contributed by atoms with Gasteiger partial charge in [0.15, 0.2) is 11.6 Å². The van der Waals surface area contributed by atoms with Crippen molar-refractivity contribution in [1.29, 1.82) is 0 Å². The Morgan fingerprint density at radius 3 is 2.73 bits per heavy atom. The summed E-state index contributed by atoms with van der Waals surface area (Å²) in [5, 5.41) is 0. The Morgan fingerprint density at radius 1 is 1.41 bits per heavy atom. The van der Waals surface area contributed by atoms with E-state index >= 15 is 0 Å². The van der Waals surface area contributed by atoms with E-state index in [1.807, 2.05) is 6.92 Å². The Balaban J connectivity index is 2.07. The lowest BCUT2D eigenvalue weighted by molar-refractivity contribution is -0.136. The van der Waals surface area contributed by atoms with E-state index in [0.29, 0.717) is 18.5 Å². The van der Waals surface area contributed by atoms with E-state index < -0.39 is 5.82 Å². The Kier molecular flexibility index (Phi) is 5.00. The smallest absolute Gasteiger partial charge is 0.227 e. The first-order valence-corrected chi connectivity index (χ1v) is 7.33. The molecule has 0 aromatic heterocycles. The molecule has 0 bridgehead atoms. The Morgan fingerprint density at radius 2 is 2.14 bits per heavy atom. The number of rotatable bonds is 4. The lowest BCUT2D eigenvalue weighted by Gasteiger charge is -2.37. The fourth-order valence-corrected chi connectivity index (χ4v) is 2.78. The highest BCUT2D eigenvalue weighted by Gasteiger charge is 2.31. The Labute approximate surface area is 129 Å². The van der Waals surface area contributed by atoms with Crippen LogP contribution in [0.4, 0.5) is 4.39 Å². The number of nitrogens with zero attached hydrogens (tertiary/aromatic N) is 1. The minimum atomic E-state index is -0.491. The summed E-state index contributed by atoms with van der Waals surface area (Å²) >= 11 is 0. The predicted molar refractivity (Wildman–Crippen MR) is 79.7 cm³/mol. The molecule has 0 spiro atoms. The number of benzene rings is 1. The highest BCUT2D eigenvalue weighted by Crippen LogP contribution is 2.23. The molecule has 1 aromatic rings. The van der Waals surface area contributed by atoms with Crippen LogP contribution in [0.5, 0.6) is 5.75 Å². The van der Waals surface area contributed by atoms with Crippen molar-refractivity contribution in [3.8, 4) is 5.75 Å². The van der Waals surface area contributed by atoms with Crippen molar-refractivity contribution in [1.82, 2.24) is 4.90 Å². The molecule has 1 heterocycles. The molecule has 1 aromatic carbocycles. The highest BCUT2D eigenvalue weighted by atomic mass is 19.1. The normalized spacial score (nSPS) is 21.5. The summed E-state index contributed by atoms with van der Waals surface area (Å²) in [6, 6.07) is 4.53. The molecule has 1 aliphatic heterocycles. The molecule has 2 amide bonds. The molecule has 1 saturated heterocycles. The number of methoxy groups -OCH3 is 1. The van der Waals surface area contributed by atoms with Crippen LogP contribution in [-0.4, -0.2) is 36.4 Å². The van der Waals surface area contributed by atoms with E-state index in [-0.39, 0.29) is 35.9 Å². The number of hydrogen-bond donors (Lipinski definition) is 1. The van der Waals surface area contributed by atoms with Crippen LogP contribution in [0.1, 0.15) is 25.3 Å². The molecule has 22 heavy (non-hydrogen) atoms. The molecule has 0 unspecified atom stereocenters. The first-order chi connectivity index (χ1) is 10.4. The lowest BCUT2D eigenvalue weighted by atomic mass is 9.92. The van der Waals surface area contributed by atoms with Gasteiger partial charge >= 0.3 is 0 Å². The van der Waals surface area contributed by atoms with Crippen LogP contribution < -0.4 is 10.5 Å². The molecule has 0 radical (unpaired) electrons. The summed E-state index contributed by atoms with van der Waals surface area (Å²) in [5.74, 6) is -1.14. The highest BCUT2D eigenvalue weighted by molar-refractivity contribution is 5.81.